The van der Waals surface area contributed by atoms with Gasteiger partial charge in [-0.25, -0.2) is 4.98 Å². The maximum atomic E-state index is 12.3. The molecule has 0 atom stereocenters. The molecule has 1 fully saturated rings. The molecule has 4 rings (SSSR count). The molecule has 6 nitrogen and oxygen atoms in total. The first kappa shape index (κ1) is 19.4. The monoisotopic (exact) mass is 392 g/mol. The molecule has 6 heteroatoms. The van der Waals surface area contributed by atoms with Crippen LogP contribution < -0.4 is 10.1 Å². The van der Waals surface area contributed by atoms with Crippen LogP contribution in [0.25, 0.3) is 11.0 Å². The zero-order chi connectivity index (χ0) is 20.2. The van der Waals surface area contributed by atoms with Gasteiger partial charge in [0.15, 0.2) is 5.65 Å². The Kier molecular flexibility index (Phi) is 5.79. The SMILES string of the molecule is COc1ccc(CC(=O)NCC2CCC(c3nn(C)c4ncccc34)CC2)cc1. The average Bonchev–Trinajstić information content (AvgIpc) is 3.10. The molecule has 0 bridgehead atoms. The number of nitrogens with zero attached hydrogens (tertiary/aromatic N) is 3. The number of aromatic nitrogens is 3. The number of carbonyl (C=O) groups is 1. The lowest BCUT2D eigenvalue weighted by atomic mass is 9.80. The van der Waals surface area contributed by atoms with Gasteiger partial charge in [0.25, 0.3) is 0 Å². The maximum absolute atomic E-state index is 12.3. The molecular formula is C23H28N4O2. The fourth-order valence-corrected chi connectivity index (χ4v) is 4.31. The van der Waals surface area contributed by atoms with Crippen LogP contribution in [-0.2, 0) is 18.3 Å². The number of amides is 1. The van der Waals surface area contributed by atoms with Crippen molar-refractivity contribution in [3.63, 3.8) is 0 Å². The Labute approximate surface area is 171 Å². The van der Waals surface area contributed by atoms with Gasteiger partial charge in [0.1, 0.15) is 5.75 Å². The van der Waals surface area contributed by atoms with Crippen LogP contribution >= 0.6 is 0 Å². The minimum Gasteiger partial charge on any atom is -0.497 e. The third-order valence-electron chi connectivity index (χ3n) is 5.97. The van der Waals surface area contributed by atoms with Crippen molar-refractivity contribution in [1.29, 1.82) is 0 Å². The molecule has 29 heavy (non-hydrogen) atoms. The first-order valence-electron chi connectivity index (χ1n) is 10.3. The van der Waals surface area contributed by atoms with Gasteiger partial charge in [-0.15, -0.1) is 0 Å². The first-order valence-corrected chi connectivity index (χ1v) is 10.3. The van der Waals surface area contributed by atoms with Gasteiger partial charge in [-0.2, -0.15) is 5.10 Å². The van der Waals surface area contributed by atoms with E-state index in [1.807, 2.05) is 48.3 Å². The van der Waals surface area contributed by atoms with E-state index in [0.717, 1.165) is 49.2 Å². The number of aryl methyl sites for hydroxylation is 1. The Balaban J connectivity index is 1.27. The molecule has 0 saturated heterocycles. The summed E-state index contributed by atoms with van der Waals surface area (Å²) in [5.41, 5.74) is 3.13. The summed E-state index contributed by atoms with van der Waals surface area (Å²) in [5, 5.41) is 9.04. The number of hydrogen-bond donors (Lipinski definition) is 1. The molecule has 2 heterocycles. The van der Waals surface area contributed by atoms with Gasteiger partial charge in [0.05, 0.1) is 19.2 Å². The first-order chi connectivity index (χ1) is 14.1. The quantitative estimate of drug-likeness (QED) is 0.696. The highest BCUT2D eigenvalue weighted by Gasteiger charge is 2.26. The summed E-state index contributed by atoms with van der Waals surface area (Å²) in [6, 6.07) is 11.8. The van der Waals surface area contributed by atoms with Crippen molar-refractivity contribution in [2.45, 2.75) is 38.0 Å². The lowest BCUT2D eigenvalue weighted by molar-refractivity contribution is -0.120. The average molecular weight is 393 g/mol. The Morgan fingerprint density at radius 1 is 1.17 bits per heavy atom. The second kappa shape index (κ2) is 8.64. The van der Waals surface area contributed by atoms with E-state index in [4.69, 9.17) is 9.84 Å². The van der Waals surface area contributed by atoms with E-state index < -0.39 is 0 Å². The predicted octanol–water partition coefficient (Wildman–Crippen LogP) is 3.61. The zero-order valence-corrected chi connectivity index (χ0v) is 17.1. The maximum Gasteiger partial charge on any atom is 0.224 e. The second-order valence-corrected chi connectivity index (χ2v) is 7.93. The van der Waals surface area contributed by atoms with Crippen LogP contribution in [-0.4, -0.2) is 34.3 Å². The fraction of sp³-hybridized carbons (Fsp3) is 0.435. The van der Waals surface area contributed by atoms with Crippen LogP contribution in [0, 0.1) is 5.92 Å². The van der Waals surface area contributed by atoms with Crippen molar-refractivity contribution in [1.82, 2.24) is 20.1 Å². The summed E-state index contributed by atoms with van der Waals surface area (Å²) in [7, 11) is 3.60. The minimum atomic E-state index is 0.0825. The number of ether oxygens (including phenoxy) is 1. The predicted molar refractivity (Wildman–Crippen MR) is 113 cm³/mol. The molecule has 152 valence electrons. The fourth-order valence-electron chi connectivity index (χ4n) is 4.31. The van der Waals surface area contributed by atoms with Gasteiger partial charge in [-0.3, -0.25) is 9.48 Å². The number of methoxy groups -OCH3 is 1. The highest BCUT2D eigenvalue weighted by Crippen LogP contribution is 2.37. The second-order valence-electron chi connectivity index (χ2n) is 7.93. The van der Waals surface area contributed by atoms with Crippen LogP contribution in [0.4, 0.5) is 0 Å². The molecule has 1 N–H and O–H groups in total. The molecule has 0 radical (unpaired) electrons. The zero-order valence-electron chi connectivity index (χ0n) is 17.1. The Hall–Kier alpha value is -2.89. The number of rotatable bonds is 6. The van der Waals surface area contributed by atoms with Crippen molar-refractivity contribution >= 4 is 16.9 Å². The van der Waals surface area contributed by atoms with E-state index in [2.05, 4.69) is 16.4 Å². The molecule has 3 aromatic rings. The normalized spacial score (nSPS) is 19.2. The van der Waals surface area contributed by atoms with Gasteiger partial charge >= 0.3 is 0 Å². The summed E-state index contributed by atoms with van der Waals surface area (Å²) < 4.78 is 7.04. The molecule has 0 unspecified atom stereocenters. The standard InChI is InChI=1S/C23H28N4O2/c1-27-23-20(4-3-13-24-23)22(26-27)18-9-5-17(6-10-18)15-25-21(28)14-16-7-11-19(29-2)12-8-16/h3-4,7-8,11-13,17-18H,5-6,9-10,14-15H2,1-2H3,(H,25,28). The molecule has 1 saturated carbocycles. The number of benzene rings is 1. The van der Waals surface area contributed by atoms with Gasteiger partial charge in [0, 0.05) is 31.1 Å². The number of fused-ring (bicyclic) bond motifs is 1. The Morgan fingerprint density at radius 2 is 1.93 bits per heavy atom. The van der Waals surface area contributed by atoms with E-state index in [1.165, 1.54) is 11.1 Å². The molecular weight excluding hydrogens is 364 g/mol. The number of carbonyl (C=O) groups excluding carboxylic acids is 1. The summed E-state index contributed by atoms with van der Waals surface area (Å²) in [6.45, 7) is 0.756. The smallest absolute Gasteiger partial charge is 0.224 e. The summed E-state index contributed by atoms with van der Waals surface area (Å²) >= 11 is 0. The largest absolute Gasteiger partial charge is 0.497 e. The van der Waals surface area contributed by atoms with Crippen LogP contribution in [0.15, 0.2) is 42.6 Å². The third-order valence-corrected chi connectivity index (χ3v) is 5.97. The minimum absolute atomic E-state index is 0.0825. The molecule has 0 aliphatic heterocycles. The highest BCUT2D eigenvalue weighted by molar-refractivity contribution is 5.79. The number of pyridine rings is 1. The Bertz CT molecular complexity index is 972. The highest BCUT2D eigenvalue weighted by atomic mass is 16.5. The summed E-state index contributed by atoms with van der Waals surface area (Å²) in [4.78, 5) is 16.7. The lowest BCUT2D eigenvalue weighted by Crippen LogP contribution is -2.32. The van der Waals surface area contributed by atoms with E-state index in [9.17, 15) is 4.79 Å². The number of nitrogens with one attached hydrogen (secondary N) is 1. The van der Waals surface area contributed by atoms with E-state index >= 15 is 0 Å². The topological polar surface area (TPSA) is 69.0 Å². The van der Waals surface area contributed by atoms with E-state index in [1.54, 1.807) is 7.11 Å². The van der Waals surface area contributed by atoms with E-state index in [-0.39, 0.29) is 5.91 Å². The van der Waals surface area contributed by atoms with Crippen LogP contribution in [0.5, 0.6) is 5.75 Å². The van der Waals surface area contributed by atoms with Crippen LogP contribution in [0.1, 0.15) is 42.9 Å². The molecule has 2 aromatic heterocycles. The van der Waals surface area contributed by atoms with Gasteiger partial charge in [-0.1, -0.05) is 12.1 Å². The molecule has 0 spiro atoms. The van der Waals surface area contributed by atoms with Crippen molar-refractivity contribution in [2.75, 3.05) is 13.7 Å². The van der Waals surface area contributed by atoms with Crippen molar-refractivity contribution < 1.29 is 9.53 Å². The van der Waals surface area contributed by atoms with Gasteiger partial charge in [-0.05, 0) is 61.4 Å². The lowest BCUT2D eigenvalue weighted by Gasteiger charge is -2.27. The van der Waals surface area contributed by atoms with E-state index in [0.29, 0.717) is 18.3 Å². The molecule has 1 aliphatic carbocycles. The van der Waals surface area contributed by atoms with Crippen molar-refractivity contribution in [3.8, 4) is 5.75 Å². The van der Waals surface area contributed by atoms with Crippen molar-refractivity contribution in [2.24, 2.45) is 13.0 Å². The molecule has 1 amide bonds. The summed E-state index contributed by atoms with van der Waals surface area (Å²) in [6.07, 6.45) is 6.68. The summed E-state index contributed by atoms with van der Waals surface area (Å²) in [5.74, 6) is 1.91. The molecule has 1 aliphatic rings. The van der Waals surface area contributed by atoms with Crippen LogP contribution in [0.2, 0.25) is 0 Å². The Morgan fingerprint density at radius 3 is 2.66 bits per heavy atom. The number of hydrogen-bond acceptors (Lipinski definition) is 4. The van der Waals surface area contributed by atoms with Crippen molar-refractivity contribution in [3.05, 3.63) is 53.9 Å². The van der Waals surface area contributed by atoms with Gasteiger partial charge in [0.2, 0.25) is 5.91 Å². The third kappa shape index (κ3) is 4.42. The van der Waals surface area contributed by atoms with Gasteiger partial charge < -0.3 is 10.1 Å². The molecule has 1 aromatic carbocycles. The van der Waals surface area contributed by atoms with Crippen LogP contribution in [0.3, 0.4) is 0 Å².